The van der Waals surface area contributed by atoms with Crippen LogP contribution in [0.15, 0.2) is 36.0 Å². The van der Waals surface area contributed by atoms with Crippen molar-refractivity contribution < 1.29 is 4.79 Å². The molecule has 0 bridgehead atoms. The summed E-state index contributed by atoms with van der Waals surface area (Å²) in [6, 6.07) is 7.71. The second kappa shape index (κ2) is 4.49. The first-order chi connectivity index (χ1) is 7.24. The molecule has 0 aromatic heterocycles. The Morgan fingerprint density at radius 2 is 2.20 bits per heavy atom. The zero-order valence-corrected chi connectivity index (χ0v) is 9.05. The van der Waals surface area contributed by atoms with Gasteiger partial charge in [0, 0.05) is 29.8 Å². The van der Waals surface area contributed by atoms with E-state index in [9.17, 15) is 4.79 Å². The van der Waals surface area contributed by atoms with Crippen molar-refractivity contribution in [1.82, 2.24) is 5.32 Å². The van der Waals surface area contributed by atoms with Crippen molar-refractivity contribution >= 4 is 17.4 Å². The lowest BCUT2D eigenvalue weighted by atomic mass is 10.2. The van der Waals surface area contributed by atoms with Crippen LogP contribution in [0.3, 0.4) is 0 Å². The van der Waals surface area contributed by atoms with E-state index in [0.717, 1.165) is 29.2 Å². The van der Waals surface area contributed by atoms with Gasteiger partial charge in [0.05, 0.1) is 0 Å². The van der Waals surface area contributed by atoms with Crippen LogP contribution in [-0.2, 0) is 11.3 Å². The SMILES string of the molecule is O=C1C=C(NCc2cccc(Cl)c2)CC1. The molecule has 0 unspecified atom stereocenters. The zero-order valence-electron chi connectivity index (χ0n) is 8.29. The van der Waals surface area contributed by atoms with Crippen molar-refractivity contribution in [3.8, 4) is 0 Å². The van der Waals surface area contributed by atoms with Gasteiger partial charge in [-0.3, -0.25) is 4.79 Å². The minimum absolute atomic E-state index is 0.212. The quantitative estimate of drug-likeness (QED) is 0.851. The molecular weight excluding hydrogens is 210 g/mol. The molecule has 1 aromatic rings. The normalized spacial score (nSPS) is 15.3. The molecule has 1 aromatic carbocycles. The van der Waals surface area contributed by atoms with E-state index < -0.39 is 0 Å². The van der Waals surface area contributed by atoms with E-state index >= 15 is 0 Å². The maximum absolute atomic E-state index is 11.0. The molecule has 0 heterocycles. The van der Waals surface area contributed by atoms with Gasteiger partial charge in [0.15, 0.2) is 5.78 Å². The number of allylic oxidation sites excluding steroid dienone is 2. The minimum atomic E-state index is 0.212. The standard InChI is InChI=1S/C12H12ClNO/c13-10-3-1-2-9(6-10)8-14-11-4-5-12(15)7-11/h1-3,6-7,14H,4-5,8H2. The van der Waals surface area contributed by atoms with Crippen molar-refractivity contribution in [1.29, 1.82) is 0 Å². The molecule has 0 saturated heterocycles. The highest BCUT2D eigenvalue weighted by molar-refractivity contribution is 6.30. The monoisotopic (exact) mass is 221 g/mol. The van der Waals surface area contributed by atoms with Gasteiger partial charge in [-0.1, -0.05) is 23.7 Å². The molecule has 3 heteroatoms. The maximum atomic E-state index is 11.0. The van der Waals surface area contributed by atoms with Crippen molar-refractivity contribution in [2.45, 2.75) is 19.4 Å². The minimum Gasteiger partial charge on any atom is -0.384 e. The summed E-state index contributed by atoms with van der Waals surface area (Å²) in [6.45, 7) is 0.722. The Labute approximate surface area is 93.9 Å². The van der Waals surface area contributed by atoms with Gasteiger partial charge >= 0.3 is 0 Å². The summed E-state index contributed by atoms with van der Waals surface area (Å²) < 4.78 is 0. The Morgan fingerprint density at radius 1 is 1.33 bits per heavy atom. The summed E-state index contributed by atoms with van der Waals surface area (Å²) in [5, 5.41) is 3.98. The number of benzene rings is 1. The van der Waals surface area contributed by atoms with E-state index in [-0.39, 0.29) is 5.78 Å². The van der Waals surface area contributed by atoms with E-state index in [1.165, 1.54) is 0 Å². The molecule has 1 aliphatic carbocycles. The lowest BCUT2D eigenvalue weighted by molar-refractivity contribution is -0.114. The van der Waals surface area contributed by atoms with Crippen LogP contribution in [-0.4, -0.2) is 5.78 Å². The molecule has 0 radical (unpaired) electrons. The Morgan fingerprint density at radius 3 is 2.87 bits per heavy atom. The van der Waals surface area contributed by atoms with Crippen molar-refractivity contribution in [2.75, 3.05) is 0 Å². The summed E-state index contributed by atoms with van der Waals surface area (Å²) in [5.41, 5.74) is 2.16. The van der Waals surface area contributed by atoms with Gasteiger partial charge in [0.2, 0.25) is 0 Å². The molecule has 15 heavy (non-hydrogen) atoms. The molecule has 0 saturated carbocycles. The molecule has 78 valence electrons. The number of rotatable bonds is 3. The van der Waals surface area contributed by atoms with Crippen LogP contribution in [0.4, 0.5) is 0 Å². The molecule has 2 nitrogen and oxygen atoms in total. The highest BCUT2D eigenvalue weighted by Crippen LogP contribution is 2.14. The summed E-state index contributed by atoms with van der Waals surface area (Å²) in [5.74, 6) is 0.212. The van der Waals surface area contributed by atoms with Crippen LogP contribution in [0.5, 0.6) is 0 Å². The van der Waals surface area contributed by atoms with Crippen LogP contribution >= 0.6 is 11.6 Å². The molecule has 1 N–H and O–H groups in total. The number of hydrogen-bond donors (Lipinski definition) is 1. The molecule has 0 fully saturated rings. The van der Waals surface area contributed by atoms with E-state index in [4.69, 9.17) is 11.6 Å². The lowest BCUT2D eigenvalue weighted by Gasteiger charge is -2.06. The van der Waals surface area contributed by atoms with Crippen LogP contribution in [0.2, 0.25) is 5.02 Å². The predicted molar refractivity (Wildman–Crippen MR) is 60.6 cm³/mol. The maximum Gasteiger partial charge on any atom is 0.157 e. The molecule has 0 spiro atoms. The Kier molecular flexibility index (Phi) is 3.07. The highest BCUT2D eigenvalue weighted by atomic mass is 35.5. The van der Waals surface area contributed by atoms with E-state index in [1.807, 2.05) is 24.3 Å². The third-order valence-corrected chi connectivity index (χ3v) is 2.62. The number of hydrogen-bond acceptors (Lipinski definition) is 2. The Hall–Kier alpha value is -1.28. The van der Waals surface area contributed by atoms with Crippen LogP contribution < -0.4 is 5.32 Å². The number of carbonyl (C=O) groups excluding carboxylic acids is 1. The zero-order chi connectivity index (χ0) is 10.7. The smallest absolute Gasteiger partial charge is 0.157 e. The fourth-order valence-electron chi connectivity index (χ4n) is 1.60. The highest BCUT2D eigenvalue weighted by Gasteiger charge is 2.10. The predicted octanol–water partition coefficient (Wildman–Crippen LogP) is 2.68. The Bertz CT molecular complexity index is 412. The largest absolute Gasteiger partial charge is 0.384 e. The van der Waals surface area contributed by atoms with Gasteiger partial charge in [0.1, 0.15) is 0 Å². The molecule has 1 aliphatic rings. The topological polar surface area (TPSA) is 29.1 Å². The Balaban J connectivity index is 1.93. The van der Waals surface area contributed by atoms with E-state index in [2.05, 4.69) is 5.32 Å². The van der Waals surface area contributed by atoms with Crippen LogP contribution in [0.1, 0.15) is 18.4 Å². The molecule has 0 atom stereocenters. The first-order valence-electron chi connectivity index (χ1n) is 4.96. The first-order valence-corrected chi connectivity index (χ1v) is 5.33. The third kappa shape index (κ3) is 2.83. The van der Waals surface area contributed by atoms with E-state index in [1.54, 1.807) is 6.08 Å². The fourth-order valence-corrected chi connectivity index (χ4v) is 1.81. The molecule has 0 aliphatic heterocycles. The summed E-state index contributed by atoms with van der Waals surface area (Å²) in [7, 11) is 0. The van der Waals surface area contributed by atoms with Gasteiger partial charge in [-0.05, 0) is 24.1 Å². The van der Waals surface area contributed by atoms with Crippen LogP contribution in [0, 0.1) is 0 Å². The number of halogens is 1. The van der Waals surface area contributed by atoms with Gasteiger partial charge < -0.3 is 5.32 Å². The number of carbonyl (C=O) groups is 1. The number of ketones is 1. The van der Waals surface area contributed by atoms with E-state index in [0.29, 0.717) is 6.42 Å². The van der Waals surface area contributed by atoms with Gasteiger partial charge in [-0.25, -0.2) is 0 Å². The summed E-state index contributed by atoms with van der Waals surface area (Å²) >= 11 is 5.87. The molecule has 2 rings (SSSR count). The van der Waals surface area contributed by atoms with Crippen LogP contribution in [0.25, 0.3) is 0 Å². The second-order valence-electron chi connectivity index (χ2n) is 3.62. The lowest BCUT2D eigenvalue weighted by Crippen LogP contribution is -2.10. The molecular formula is C12H12ClNO. The fraction of sp³-hybridized carbons (Fsp3) is 0.250. The third-order valence-electron chi connectivity index (χ3n) is 2.38. The second-order valence-corrected chi connectivity index (χ2v) is 4.06. The number of nitrogens with one attached hydrogen (secondary N) is 1. The summed E-state index contributed by atoms with van der Waals surface area (Å²) in [4.78, 5) is 11.0. The van der Waals surface area contributed by atoms with Gasteiger partial charge in [-0.2, -0.15) is 0 Å². The van der Waals surface area contributed by atoms with Gasteiger partial charge in [-0.15, -0.1) is 0 Å². The average Bonchev–Trinajstić information content (AvgIpc) is 2.62. The van der Waals surface area contributed by atoms with Gasteiger partial charge in [0.25, 0.3) is 0 Å². The summed E-state index contributed by atoms with van der Waals surface area (Å²) in [6.07, 6.45) is 3.15. The average molecular weight is 222 g/mol. The van der Waals surface area contributed by atoms with Crippen molar-refractivity contribution in [3.63, 3.8) is 0 Å². The van der Waals surface area contributed by atoms with Crippen molar-refractivity contribution in [3.05, 3.63) is 46.6 Å². The van der Waals surface area contributed by atoms with Crippen molar-refractivity contribution in [2.24, 2.45) is 0 Å². The molecule has 0 amide bonds. The first kappa shape index (κ1) is 10.2.